The van der Waals surface area contributed by atoms with Gasteiger partial charge in [0.05, 0.1) is 0 Å². The van der Waals surface area contributed by atoms with Crippen LogP contribution < -0.4 is 24.8 Å². The third-order valence-electron chi connectivity index (χ3n) is 4.34. The Balaban J connectivity index is -0.000000667. The van der Waals surface area contributed by atoms with E-state index in [0.717, 1.165) is 13.1 Å². The molecule has 0 spiro atoms. The zero-order valence-electron chi connectivity index (χ0n) is 16.4. The topological polar surface area (TPSA) is 14.1 Å². The van der Waals surface area contributed by atoms with Crippen molar-refractivity contribution in [2.75, 3.05) is 13.1 Å². The summed E-state index contributed by atoms with van der Waals surface area (Å²) in [6, 6.07) is 0. The Labute approximate surface area is 181 Å². The van der Waals surface area contributed by atoms with Crippen LogP contribution in [0.1, 0.15) is 117 Å². The third kappa shape index (κ3) is 31.1. The number of unbranched alkanes of at least 4 members (excludes halogenated alkanes) is 14. The van der Waals surface area contributed by atoms with E-state index in [1.807, 2.05) is 0 Å². The van der Waals surface area contributed by atoms with Crippen LogP contribution in [0.2, 0.25) is 0 Å². The van der Waals surface area contributed by atoms with Crippen LogP contribution in [0.5, 0.6) is 0 Å². The van der Waals surface area contributed by atoms with Gasteiger partial charge in [-0.3, -0.25) is 0 Å². The number of hydrogen-bond donors (Lipinski definition) is 0. The van der Waals surface area contributed by atoms with E-state index in [9.17, 15) is 0 Å². The summed E-state index contributed by atoms with van der Waals surface area (Å²) in [6.45, 7) is 6.80. The molecule has 0 atom stereocenters. The zero-order valence-corrected chi connectivity index (χ0v) is 19.5. The molecule has 0 saturated heterocycles. The van der Waals surface area contributed by atoms with Gasteiger partial charge in [-0.2, -0.15) is 0 Å². The Morgan fingerprint density at radius 3 is 0.958 bits per heavy atom. The van der Waals surface area contributed by atoms with Crippen LogP contribution in [-0.4, -0.2) is 13.1 Å². The first-order valence-corrected chi connectivity index (χ1v) is 10.0. The molecular formula is C20H42Cl2NTi. The molecule has 0 rings (SSSR count). The van der Waals surface area contributed by atoms with Gasteiger partial charge in [0, 0.05) is 0 Å². The summed E-state index contributed by atoms with van der Waals surface area (Å²) in [5.74, 6) is 0. The monoisotopic (exact) mass is 414 g/mol. The minimum atomic E-state index is 0. The summed E-state index contributed by atoms with van der Waals surface area (Å²) in [6.07, 6.45) is 22.5. The first-order valence-electron chi connectivity index (χ1n) is 10.0. The van der Waals surface area contributed by atoms with Crippen molar-refractivity contribution < 1.29 is 46.5 Å². The smallest absolute Gasteiger partial charge is 1.00 e. The molecule has 24 heavy (non-hydrogen) atoms. The fourth-order valence-corrected chi connectivity index (χ4v) is 2.83. The van der Waals surface area contributed by atoms with Crippen molar-refractivity contribution in [2.24, 2.45) is 0 Å². The summed E-state index contributed by atoms with van der Waals surface area (Å²) in [5.41, 5.74) is 0. The van der Waals surface area contributed by atoms with E-state index in [1.165, 1.54) is 103 Å². The van der Waals surface area contributed by atoms with E-state index in [0.29, 0.717) is 0 Å². The Kier molecular flexibility index (Phi) is 43.8. The van der Waals surface area contributed by atoms with Gasteiger partial charge in [-0.25, -0.2) is 0 Å². The van der Waals surface area contributed by atoms with Crippen molar-refractivity contribution in [3.05, 3.63) is 5.32 Å². The summed E-state index contributed by atoms with van der Waals surface area (Å²) in [7, 11) is 0. The second-order valence-corrected chi connectivity index (χ2v) is 6.62. The molecule has 0 N–H and O–H groups in total. The van der Waals surface area contributed by atoms with Crippen molar-refractivity contribution >= 4 is 0 Å². The van der Waals surface area contributed by atoms with Gasteiger partial charge in [0.2, 0.25) is 0 Å². The van der Waals surface area contributed by atoms with Crippen molar-refractivity contribution in [1.29, 1.82) is 0 Å². The normalized spacial score (nSPS) is 9.75. The summed E-state index contributed by atoms with van der Waals surface area (Å²) in [4.78, 5) is 0. The molecule has 0 aromatic rings. The van der Waals surface area contributed by atoms with Gasteiger partial charge in [-0.05, 0) is 0 Å². The number of hydrogen-bond acceptors (Lipinski definition) is 0. The van der Waals surface area contributed by atoms with Gasteiger partial charge in [0.25, 0.3) is 0 Å². The van der Waals surface area contributed by atoms with E-state index >= 15 is 0 Å². The molecule has 0 bridgehead atoms. The van der Waals surface area contributed by atoms with Crippen LogP contribution in [0.25, 0.3) is 5.32 Å². The largest absolute Gasteiger partial charge is 3.00 e. The van der Waals surface area contributed by atoms with E-state index in [1.54, 1.807) is 0 Å². The number of nitrogens with zero attached hydrogens (tertiary/aromatic N) is 1. The van der Waals surface area contributed by atoms with E-state index in [4.69, 9.17) is 0 Å². The number of halogens is 2. The van der Waals surface area contributed by atoms with Gasteiger partial charge < -0.3 is 30.1 Å². The molecule has 0 fully saturated rings. The Morgan fingerprint density at radius 2 is 0.667 bits per heavy atom. The second kappa shape index (κ2) is 32.0. The van der Waals surface area contributed by atoms with Crippen LogP contribution in [0, 0.1) is 0 Å². The molecule has 0 heterocycles. The molecular weight excluding hydrogens is 373 g/mol. The first-order chi connectivity index (χ1) is 10.4. The molecule has 0 aliphatic rings. The van der Waals surface area contributed by atoms with Gasteiger partial charge >= 0.3 is 21.7 Å². The molecule has 1 radical (unpaired) electrons. The van der Waals surface area contributed by atoms with Crippen molar-refractivity contribution in [2.45, 2.75) is 117 Å². The van der Waals surface area contributed by atoms with Crippen molar-refractivity contribution in [3.8, 4) is 0 Å². The standard InChI is InChI=1S/C20H42N.2ClH.Ti/c1-3-5-7-9-11-13-15-17-19-21-20-18-16-14-12-10-8-6-4-2;;;/h3-20H2,1-2H3;2*1H;/q-1;;;+3/p-2. The molecule has 0 aromatic heterocycles. The molecule has 145 valence electrons. The second-order valence-electron chi connectivity index (χ2n) is 6.62. The van der Waals surface area contributed by atoms with E-state index < -0.39 is 0 Å². The minimum Gasteiger partial charge on any atom is -1.00 e. The molecule has 0 saturated carbocycles. The van der Waals surface area contributed by atoms with Gasteiger partial charge in [0.1, 0.15) is 0 Å². The minimum absolute atomic E-state index is 0. The van der Waals surface area contributed by atoms with E-state index in [2.05, 4.69) is 19.2 Å². The fraction of sp³-hybridized carbons (Fsp3) is 1.00. The number of rotatable bonds is 18. The summed E-state index contributed by atoms with van der Waals surface area (Å²) < 4.78 is 0. The Bertz CT molecular complexity index is 165. The summed E-state index contributed by atoms with van der Waals surface area (Å²) in [5, 5.41) is 4.67. The molecule has 0 aromatic carbocycles. The maximum atomic E-state index is 4.67. The van der Waals surface area contributed by atoms with Crippen LogP contribution in [0.4, 0.5) is 0 Å². The summed E-state index contributed by atoms with van der Waals surface area (Å²) >= 11 is 0. The maximum Gasteiger partial charge on any atom is 3.00 e. The fourth-order valence-electron chi connectivity index (χ4n) is 2.83. The van der Waals surface area contributed by atoms with Crippen molar-refractivity contribution in [1.82, 2.24) is 0 Å². The van der Waals surface area contributed by atoms with Gasteiger partial charge in [-0.15, -0.1) is 13.1 Å². The van der Waals surface area contributed by atoms with Gasteiger partial charge in [0.15, 0.2) is 0 Å². The molecule has 0 aliphatic heterocycles. The first kappa shape index (κ1) is 32.9. The predicted molar refractivity (Wildman–Crippen MR) is 98.3 cm³/mol. The third-order valence-corrected chi connectivity index (χ3v) is 4.34. The molecule has 1 nitrogen and oxygen atoms in total. The van der Waals surface area contributed by atoms with Crippen LogP contribution >= 0.6 is 0 Å². The SMILES string of the molecule is CCCCCCCCCC[N-]CCCCCCCCCC.[Cl-].[Cl-].[Ti+3]. The van der Waals surface area contributed by atoms with Crippen LogP contribution in [-0.2, 0) is 21.7 Å². The Morgan fingerprint density at radius 1 is 0.417 bits per heavy atom. The zero-order chi connectivity index (χ0) is 15.4. The average molecular weight is 415 g/mol. The molecule has 0 amide bonds. The average Bonchev–Trinajstić information content (AvgIpc) is 2.50. The Hall–Kier alpha value is 1.25. The molecule has 4 heteroatoms. The van der Waals surface area contributed by atoms with Crippen LogP contribution in [0.15, 0.2) is 0 Å². The molecule has 0 aliphatic carbocycles. The van der Waals surface area contributed by atoms with Gasteiger partial charge in [-0.1, -0.05) is 117 Å². The van der Waals surface area contributed by atoms with E-state index in [-0.39, 0.29) is 46.5 Å². The maximum absolute atomic E-state index is 4.67. The van der Waals surface area contributed by atoms with Crippen molar-refractivity contribution in [3.63, 3.8) is 0 Å². The molecule has 0 unspecified atom stereocenters. The quantitative estimate of drug-likeness (QED) is 0.239. The van der Waals surface area contributed by atoms with Crippen LogP contribution in [0.3, 0.4) is 0 Å². The predicted octanol–water partition coefficient (Wildman–Crippen LogP) is 1.65.